The predicted octanol–water partition coefficient (Wildman–Crippen LogP) is 4.03. The Hall–Kier alpha value is -2.51. The number of nitrogens with one attached hydrogen (secondary N) is 1. The number of aromatic nitrogens is 2. The van der Waals surface area contributed by atoms with Gasteiger partial charge in [0.25, 0.3) is 0 Å². The molecule has 0 aliphatic heterocycles. The summed E-state index contributed by atoms with van der Waals surface area (Å²) in [6.45, 7) is 3.24. The fraction of sp³-hybridized carbons (Fsp3) is 0.333. The lowest BCUT2D eigenvalue weighted by Crippen LogP contribution is -2.15. The minimum Gasteiger partial charge on any atom is -0.497 e. The molecule has 0 radical (unpaired) electrons. The Morgan fingerprint density at radius 1 is 1.22 bits per heavy atom. The number of hydrogen-bond donors (Lipinski definition) is 1. The third-order valence-corrected chi connectivity index (χ3v) is 2.73. The van der Waals surface area contributed by atoms with Crippen molar-refractivity contribution in [2.45, 2.75) is 26.1 Å². The average Bonchev–Trinajstić information content (AvgIpc) is 2.45. The molecule has 0 bridgehead atoms. The maximum Gasteiger partial charge on any atom is 0.423 e. The van der Waals surface area contributed by atoms with Crippen LogP contribution in [0.25, 0.3) is 0 Å². The Kier molecular flexibility index (Phi) is 4.92. The Balaban J connectivity index is 2.32. The van der Waals surface area contributed by atoms with Crippen molar-refractivity contribution in [1.82, 2.24) is 9.97 Å². The van der Waals surface area contributed by atoms with E-state index in [1.165, 1.54) is 7.11 Å². The number of anilines is 2. The molecule has 0 aliphatic carbocycles. The van der Waals surface area contributed by atoms with Crippen LogP contribution >= 0.6 is 0 Å². The fourth-order valence-electron chi connectivity index (χ4n) is 1.76. The molecule has 1 heterocycles. The molecule has 5 nitrogen and oxygen atoms in total. The van der Waals surface area contributed by atoms with Gasteiger partial charge in [-0.25, -0.2) is 4.98 Å². The van der Waals surface area contributed by atoms with Crippen LogP contribution in [0.3, 0.4) is 0 Å². The van der Waals surface area contributed by atoms with Gasteiger partial charge in [-0.2, -0.15) is 18.2 Å². The Bertz CT molecular complexity index is 675. The van der Waals surface area contributed by atoms with E-state index in [1.54, 1.807) is 38.1 Å². The van der Waals surface area contributed by atoms with Gasteiger partial charge in [0.15, 0.2) is 0 Å². The summed E-state index contributed by atoms with van der Waals surface area (Å²) in [5, 5.41) is 2.82. The number of rotatable bonds is 5. The summed E-state index contributed by atoms with van der Waals surface area (Å²) in [5.74, 6) is 0.0929. The quantitative estimate of drug-likeness (QED) is 0.898. The van der Waals surface area contributed by atoms with Crippen LogP contribution in [0.2, 0.25) is 0 Å². The highest BCUT2D eigenvalue weighted by atomic mass is 19.4. The number of halogens is 3. The van der Waals surface area contributed by atoms with Gasteiger partial charge in [-0.3, -0.25) is 0 Å². The summed E-state index contributed by atoms with van der Waals surface area (Å²) >= 11 is 0. The summed E-state index contributed by atoms with van der Waals surface area (Å²) in [7, 11) is 1.52. The Morgan fingerprint density at radius 3 is 2.57 bits per heavy atom. The first-order valence-corrected chi connectivity index (χ1v) is 6.81. The van der Waals surface area contributed by atoms with Crippen LogP contribution in [0.15, 0.2) is 30.5 Å². The van der Waals surface area contributed by atoms with E-state index in [-0.39, 0.29) is 5.95 Å². The van der Waals surface area contributed by atoms with E-state index < -0.39 is 23.7 Å². The van der Waals surface area contributed by atoms with Crippen molar-refractivity contribution in [3.8, 4) is 11.6 Å². The van der Waals surface area contributed by atoms with Crippen molar-refractivity contribution in [1.29, 1.82) is 0 Å². The highest BCUT2D eigenvalue weighted by Gasteiger charge is 2.36. The zero-order valence-electron chi connectivity index (χ0n) is 12.8. The molecule has 0 amide bonds. The number of alkyl halides is 3. The third kappa shape index (κ3) is 4.48. The topological polar surface area (TPSA) is 56.3 Å². The van der Waals surface area contributed by atoms with Gasteiger partial charge in [0.1, 0.15) is 11.3 Å². The molecule has 2 rings (SSSR count). The zero-order chi connectivity index (χ0) is 17.0. The van der Waals surface area contributed by atoms with Crippen molar-refractivity contribution in [3.05, 3.63) is 36.0 Å². The van der Waals surface area contributed by atoms with E-state index in [0.717, 1.165) is 0 Å². The first-order valence-electron chi connectivity index (χ1n) is 6.81. The lowest BCUT2D eigenvalue weighted by atomic mass is 10.3. The summed E-state index contributed by atoms with van der Waals surface area (Å²) in [6, 6.07) is 6.86. The van der Waals surface area contributed by atoms with Crippen molar-refractivity contribution in [3.63, 3.8) is 0 Å². The molecule has 8 heteroatoms. The van der Waals surface area contributed by atoms with E-state index in [4.69, 9.17) is 9.47 Å². The molecule has 0 fully saturated rings. The molecule has 2 aromatic rings. The minimum absolute atomic E-state index is 0.00176. The molecule has 0 aliphatic rings. The molecule has 124 valence electrons. The second kappa shape index (κ2) is 6.72. The number of methoxy groups -OCH3 is 1. The van der Waals surface area contributed by atoms with Gasteiger partial charge in [-0.15, -0.1) is 0 Å². The molecule has 23 heavy (non-hydrogen) atoms. The molecule has 0 unspecified atom stereocenters. The van der Waals surface area contributed by atoms with E-state index in [1.807, 2.05) is 0 Å². The van der Waals surface area contributed by atoms with Crippen molar-refractivity contribution >= 4 is 11.6 Å². The smallest absolute Gasteiger partial charge is 0.423 e. The van der Waals surface area contributed by atoms with E-state index in [0.29, 0.717) is 17.6 Å². The predicted molar refractivity (Wildman–Crippen MR) is 79.1 cm³/mol. The van der Waals surface area contributed by atoms with E-state index >= 15 is 0 Å². The minimum atomic E-state index is -4.58. The molecule has 0 saturated carbocycles. The normalized spacial score (nSPS) is 11.4. The molecule has 0 saturated heterocycles. The number of hydrogen-bond acceptors (Lipinski definition) is 5. The van der Waals surface area contributed by atoms with Crippen LogP contribution in [0, 0.1) is 0 Å². The zero-order valence-corrected chi connectivity index (χ0v) is 12.8. The largest absolute Gasteiger partial charge is 0.497 e. The molecule has 1 N–H and O–H groups in total. The summed E-state index contributed by atoms with van der Waals surface area (Å²) in [6.07, 6.45) is -4.33. The maximum atomic E-state index is 13.0. The van der Waals surface area contributed by atoms with Crippen molar-refractivity contribution in [2.75, 3.05) is 12.4 Å². The molecule has 1 aromatic heterocycles. The lowest BCUT2D eigenvalue weighted by molar-refractivity contribution is -0.139. The maximum absolute atomic E-state index is 13.0. The van der Waals surface area contributed by atoms with Gasteiger partial charge >= 0.3 is 6.18 Å². The molecule has 0 atom stereocenters. The van der Waals surface area contributed by atoms with Gasteiger partial charge in [0.05, 0.1) is 13.2 Å². The molecular weight excluding hydrogens is 311 g/mol. The van der Waals surface area contributed by atoms with Crippen LogP contribution in [-0.2, 0) is 6.18 Å². The van der Waals surface area contributed by atoms with Gasteiger partial charge in [-0.05, 0) is 26.0 Å². The van der Waals surface area contributed by atoms with E-state index in [9.17, 15) is 13.2 Å². The standard InChI is InChI=1S/C15H16F3N3O2/c1-9(2)23-13-12(15(16,17)18)8-19-14(21-13)20-10-5-4-6-11(7-10)22-3/h4-9H,1-3H3,(H,19,20,21). The van der Waals surface area contributed by atoms with Crippen LogP contribution in [0.5, 0.6) is 11.6 Å². The summed E-state index contributed by atoms with van der Waals surface area (Å²) < 4.78 is 49.1. The first kappa shape index (κ1) is 16.9. The number of nitrogens with zero attached hydrogens (tertiary/aromatic N) is 2. The Morgan fingerprint density at radius 2 is 1.96 bits per heavy atom. The Labute approximate surface area is 131 Å². The lowest BCUT2D eigenvalue weighted by Gasteiger charge is -2.16. The monoisotopic (exact) mass is 327 g/mol. The van der Waals surface area contributed by atoms with Gasteiger partial charge < -0.3 is 14.8 Å². The molecule has 1 aromatic carbocycles. The van der Waals surface area contributed by atoms with Crippen LogP contribution < -0.4 is 14.8 Å². The number of benzene rings is 1. The summed E-state index contributed by atoms with van der Waals surface area (Å²) in [4.78, 5) is 7.53. The molecular formula is C15H16F3N3O2. The second-order valence-corrected chi connectivity index (χ2v) is 4.93. The van der Waals surface area contributed by atoms with Gasteiger partial charge in [0.2, 0.25) is 11.8 Å². The van der Waals surface area contributed by atoms with Gasteiger partial charge in [-0.1, -0.05) is 6.07 Å². The highest BCUT2D eigenvalue weighted by molar-refractivity contribution is 5.56. The SMILES string of the molecule is COc1cccc(Nc2ncc(C(F)(F)F)c(OC(C)C)n2)c1. The van der Waals surface area contributed by atoms with Crippen LogP contribution in [0.1, 0.15) is 19.4 Å². The van der Waals surface area contributed by atoms with Crippen LogP contribution in [0.4, 0.5) is 24.8 Å². The number of ether oxygens (including phenoxy) is 2. The van der Waals surface area contributed by atoms with E-state index in [2.05, 4.69) is 15.3 Å². The second-order valence-electron chi connectivity index (χ2n) is 4.93. The highest BCUT2D eigenvalue weighted by Crippen LogP contribution is 2.35. The van der Waals surface area contributed by atoms with Crippen molar-refractivity contribution in [2.24, 2.45) is 0 Å². The van der Waals surface area contributed by atoms with Gasteiger partial charge in [0, 0.05) is 18.0 Å². The fourth-order valence-corrected chi connectivity index (χ4v) is 1.76. The molecule has 0 spiro atoms. The summed E-state index contributed by atoms with van der Waals surface area (Å²) in [5.41, 5.74) is -0.429. The average molecular weight is 327 g/mol. The van der Waals surface area contributed by atoms with Crippen molar-refractivity contribution < 1.29 is 22.6 Å². The van der Waals surface area contributed by atoms with Crippen LogP contribution in [-0.4, -0.2) is 23.2 Å². The third-order valence-electron chi connectivity index (χ3n) is 2.73. The first-order chi connectivity index (χ1) is 10.8.